The molecule has 16 nitrogen and oxygen atoms in total. The zero-order valence-electron chi connectivity index (χ0n) is 29.3. The summed E-state index contributed by atoms with van der Waals surface area (Å²) in [4.78, 5) is 52.0. The van der Waals surface area contributed by atoms with Gasteiger partial charge in [0.1, 0.15) is 58.9 Å². The van der Waals surface area contributed by atoms with Crippen LogP contribution in [0.15, 0.2) is 35.1 Å². The molecule has 0 aliphatic carbocycles. The monoisotopic (exact) mass is 741 g/mol. The number of piperazine rings is 1. The number of carboxylic acid groups (broad SMARTS) is 1. The molecule has 0 spiro atoms. The molecule has 3 atom stereocenters. The number of fused-ring (bicyclic) bond motifs is 6. The zero-order chi connectivity index (χ0) is 39.2. The molecule has 0 radical (unpaired) electrons. The molecule has 2 amide bonds. The second-order valence-corrected chi connectivity index (χ2v) is 13.5. The van der Waals surface area contributed by atoms with Gasteiger partial charge in [0.05, 0.1) is 40.6 Å². The van der Waals surface area contributed by atoms with E-state index in [0.717, 1.165) is 17.0 Å². The number of nitrogens with zero attached hydrogens (tertiary/aromatic N) is 2. The SMILES string of the molecule is CCC(C)c1cc2c(O)c3ccc4c(OC)c5c(O)c6c(=O)ccc(O)c6c(O)c5c(O)c4c3c(O)c2c(O)n1CC(=O)N1CC(C(=O)O)NC(=O)C1C. The van der Waals surface area contributed by atoms with Gasteiger partial charge in [-0.1, -0.05) is 13.8 Å². The van der Waals surface area contributed by atoms with E-state index in [4.69, 9.17) is 4.74 Å². The number of aromatic nitrogens is 1. The summed E-state index contributed by atoms with van der Waals surface area (Å²) in [6.45, 7) is 4.13. The van der Waals surface area contributed by atoms with Crippen LogP contribution in [0.2, 0.25) is 0 Å². The Morgan fingerprint density at radius 3 is 2.07 bits per heavy atom. The van der Waals surface area contributed by atoms with Gasteiger partial charge in [0, 0.05) is 32.6 Å². The number of phenolic OH excluding ortho intramolecular Hbond substituents is 6. The van der Waals surface area contributed by atoms with Crippen molar-refractivity contribution in [1.82, 2.24) is 14.8 Å². The molecule has 54 heavy (non-hydrogen) atoms. The predicted molar refractivity (Wildman–Crippen MR) is 196 cm³/mol. The summed E-state index contributed by atoms with van der Waals surface area (Å²) >= 11 is 0. The summed E-state index contributed by atoms with van der Waals surface area (Å²) in [5, 5.41) is 90.5. The zero-order valence-corrected chi connectivity index (χ0v) is 29.3. The molecule has 0 bridgehead atoms. The molecule has 16 heteroatoms. The van der Waals surface area contributed by atoms with Gasteiger partial charge in [0.2, 0.25) is 17.7 Å². The van der Waals surface area contributed by atoms with Gasteiger partial charge in [0.15, 0.2) is 5.43 Å². The molecular weight excluding hydrogens is 706 g/mol. The van der Waals surface area contributed by atoms with E-state index >= 15 is 0 Å². The number of aromatic hydroxyl groups is 7. The summed E-state index contributed by atoms with van der Waals surface area (Å²) in [5.41, 5.74) is -0.389. The van der Waals surface area contributed by atoms with Crippen LogP contribution in [0.1, 0.15) is 38.8 Å². The van der Waals surface area contributed by atoms with Gasteiger partial charge in [-0.05, 0) is 49.6 Å². The van der Waals surface area contributed by atoms with Crippen LogP contribution in [0.3, 0.4) is 0 Å². The number of carboxylic acids is 1. The van der Waals surface area contributed by atoms with Gasteiger partial charge in [-0.15, -0.1) is 0 Å². The van der Waals surface area contributed by atoms with Crippen LogP contribution in [-0.4, -0.2) is 93.8 Å². The molecule has 6 aromatic rings. The minimum absolute atomic E-state index is 0.0189. The molecule has 280 valence electrons. The maximum absolute atomic E-state index is 13.8. The van der Waals surface area contributed by atoms with Gasteiger partial charge in [-0.3, -0.25) is 14.4 Å². The fourth-order valence-corrected chi connectivity index (χ4v) is 7.61. The first-order valence-corrected chi connectivity index (χ1v) is 16.9. The third-order valence-electron chi connectivity index (χ3n) is 10.6. The Morgan fingerprint density at radius 1 is 0.815 bits per heavy atom. The van der Waals surface area contributed by atoms with Crippen molar-refractivity contribution < 1.29 is 60.0 Å². The Bertz CT molecular complexity index is 2740. The number of rotatable bonds is 6. The number of aliphatic carboxylic acids is 1. The Hall–Kier alpha value is -6.84. The first-order valence-electron chi connectivity index (χ1n) is 16.9. The van der Waals surface area contributed by atoms with Crippen molar-refractivity contribution in [1.29, 1.82) is 0 Å². The van der Waals surface area contributed by atoms with E-state index in [9.17, 15) is 60.0 Å². The van der Waals surface area contributed by atoms with Crippen molar-refractivity contribution >= 4 is 71.6 Å². The van der Waals surface area contributed by atoms with Crippen molar-refractivity contribution in [2.45, 2.75) is 51.7 Å². The third-order valence-corrected chi connectivity index (χ3v) is 10.6. The van der Waals surface area contributed by atoms with Gasteiger partial charge >= 0.3 is 5.97 Å². The first-order chi connectivity index (χ1) is 25.5. The van der Waals surface area contributed by atoms with Gasteiger partial charge < -0.3 is 60.4 Å². The largest absolute Gasteiger partial charge is 0.507 e. The lowest BCUT2D eigenvalue weighted by atomic mass is 9.90. The number of methoxy groups -OCH3 is 1. The highest BCUT2D eigenvalue weighted by Crippen LogP contribution is 2.57. The number of phenols is 6. The van der Waals surface area contributed by atoms with Gasteiger partial charge in [-0.2, -0.15) is 0 Å². The lowest BCUT2D eigenvalue weighted by Crippen LogP contribution is -2.63. The summed E-state index contributed by atoms with van der Waals surface area (Å²) in [6, 6.07) is 3.90. The van der Waals surface area contributed by atoms with Crippen molar-refractivity contribution in [3.63, 3.8) is 0 Å². The van der Waals surface area contributed by atoms with Crippen LogP contribution >= 0.6 is 0 Å². The maximum atomic E-state index is 13.8. The topological polar surface area (TPSA) is 260 Å². The van der Waals surface area contributed by atoms with E-state index in [1.165, 1.54) is 36.8 Å². The molecule has 7 rings (SSSR count). The fourth-order valence-electron chi connectivity index (χ4n) is 7.61. The van der Waals surface area contributed by atoms with Gasteiger partial charge in [-0.25, -0.2) is 4.79 Å². The molecule has 1 saturated heterocycles. The molecule has 0 saturated carbocycles. The second-order valence-electron chi connectivity index (χ2n) is 13.5. The van der Waals surface area contributed by atoms with Crippen molar-refractivity contribution in [2.24, 2.45) is 0 Å². The summed E-state index contributed by atoms with van der Waals surface area (Å²) in [6.07, 6.45) is 0.503. The lowest BCUT2D eigenvalue weighted by Gasteiger charge is -2.36. The first kappa shape index (κ1) is 35.6. The van der Waals surface area contributed by atoms with Crippen LogP contribution in [0.25, 0.3) is 53.9 Å². The highest BCUT2D eigenvalue weighted by molar-refractivity contribution is 6.30. The molecule has 1 aliphatic heterocycles. The summed E-state index contributed by atoms with van der Waals surface area (Å²) in [7, 11) is 1.22. The number of hydrogen-bond donors (Lipinski definition) is 9. The van der Waals surface area contributed by atoms with E-state index in [1.54, 1.807) is 6.92 Å². The minimum atomic E-state index is -1.37. The molecule has 3 unspecified atom stereocenters. The Kier molecular flexibility index (Phi) is 8.16. The number of hydrogen-bond acceptors (Lipinski definition) is 12. The van der Waals surface area contributed by atoms with E-state index in [1.807, 2.05) is 6.92 Å². The van der Waals surface area contributed by atoms with Crippen LogP contribution in [0.5, 0.6) is 46.1 Å². The van der Waals surface area contributed by atoms with Crippen LogP contribution in [0, 0.1) is 0 Å². The van der Waals surface area contributed by atoms with E-state index in [2.05, 4.69) is 5.32 Å². The van der Waals surface area contributed by atoms with Gasteiger partial charge in [0.25, 0.3) is 0 Å². The molecule has 9 N–H and O–H groups in total. The van der Waals surface area contributed by atoms with Crippen molar-refractivity contribution in [2.75, 3.05) is 13.7 Å². The molecule has 1 aromatic heterocycles. The number of nitrogens with one attached hydrogen (secondary N) is 1. The number of pyridine rings is 1. The highest BCUT2D eigenvalue weighted by Gasteiger charge is 2.38. The smallest absolute Gasteiger partial charge is 0.328 e. The molecule has 1 aliphatic rings. The average Bonchev–Trinajstić information content (AvgIpc) is 3.14. The van der Waals surface area contributed by atoms with Crippen molar-refractivity contribution in [3.05, 3.63) is 46.2 Å². The Labute approximate surface area is 303 Å². The molecular formula is C38H35N3O13. The second kappa shape index (κ2) is 12.4. The average molecular weight is 742 g/mol. The van der Waals surface area contributed by atoms with E-state index in [0.29, 0.717) is 12.1 Å². The number of ether oxygens (including phenoxy) is 1. The molecule has 2 heterocycles. The summed E-state index contributed by atoms with van der Waals surface area (Å²) in [5.74, 6) is -7.90. The fraction of sp³-hybridized carbons (Fsp3) is 0.263. The normalized spacial score (nSPS) is 16.7. The number of amides is 2. The summed E-state index contributed by atoms with van der Waals surface area (Å²) < 4.78 is 6.84. The van der Waals surface area contributed by atoms with Crippen molar-refractivity contribution in [3.8, 4) is 46.1 Å². The highest BCUT2D eigenvalue weighted by atomic mass is 16.5. The quantitative estimate of drug-likeness (QED) is 0.0668. The maximum Gasteiger partial charge on any atom is 0.328 e. The third kappa shape index (κ3) is 4.82. The lowest BCUT2D eigenvalue weighted by molar-refractivity contribution is -0.151. The standard InChI is InChI=1S/C38H35N3O13/c1-5-13(2)19-10-17-25(37(51)41(19)12-22(44)40-11-18(38(52)53)39-36(50)14(40)3)31(46)23-15(30(17)45)6-7-16-24(23)32(47)28-29(35(16)54-4)34(49)27-21(43)9-8-20(42)26(27)33(28)48/h6-10,13-14,18,42,45-49,51H,5,11-12H2,1-4H3,(H,39,50)(H,52,53). The number of carbonyl (C=O) groups excluding carboxylic acids is 2. The molecule has 5 aromatic carbocycles. The van der Waals surface area contributed by atoms with Crippen LogP contribution in [0.4, 0.5) is 0 Å². The predicted octanol–water partition coefficient (Wildman–Crippen LogP) is 3.88. The van der Waals surface area contributed by atoms with E-state index in [-0.39, 0.29) is 55.9 Å². The van der Waals surface area contributed by atoms with E-state index < -0.39 is 98.4 Å². The Balaban J connectivity index is 1.57. The number of carbonyl (C=O) groups is 3. The molecule has 1 fully saturated rings. The van der Waals surface area contributed by atoms with Crippen LogP contribution < -0.4 is 15.5 Å². The minimum Gasteiger partial charge on any atom is -0.507 e. The number of benzene rings is 5. The Morgan fingerprint density at radius 2 is 1.43 bits per heavy atom. The van der Waals surface area contributed by atoms with Crippen LogP contribution in [-0.2, 0) is 20.9 Å².